The molecule has 0 saturated carbocycles. The minimum Gasteiger partial charge on any atom is -0.465 e. The van der Waals surface area contributed by atoms with E-state index >= 15 is 0 Å². The fourth-order valence-electron chi connectivity index (χ4n) is 3.02. The molecule has 0 amide bonds. The Labute approximate surface area is 213 Å². The minimum atomic E-state index is -4.90. The van der Waals surface area contributed by atoms with Gasteiger partial charge in [0.25, 0.3) is 10.0 Å². The number of alkyl halides is 3. The summed E-state index contributed by atoms with van der Waals surface area (Å²) in [5.74, 6) is -1.36. The molecule has 0 aliphatic rings. The highest BCUT2D eigenvalue weighted by atomic mass is 35.5. The third-order valence-electron chi connectivity index (χ3n) is 4.69. The van der Waals surface area contributed by atoms with Crippen LogP contribution >= 0.6 is 23.2 Å². The van der Waals surface area contributed by atoms with Gasteiger partial charge in [0.1, 0.15) is 5.69 Å². The Bertz CT molecular complexity index is 1430. The van der Waals surface area contributed by atoms with Gasteiger partial charge in [-0.25, -0.2) is 18.2 Å². The van der Waals surface area contributed by atoms with Crippen molar-refractivity contribution in [1.82, 2.24) is 4.98 Å². The van der Waals surface area contributed by atoms with Gasteiger partial charge in [-0.3, -0.25) is 9.52 Å². The first kappa shape index (κ1) is 27.2. The smallest absolute Gasteiger partial charge is 0.417 e. The van der Waals surface area contributed by atoms with Gasteiger partial charge in [0, 0.05) is 11.9 Å². The van der Waals surface area contributed by atoms with Crippen molar-refractivity contribution >= 4 is 56.4 Å². The summed E-state index contributed by atoms with van der Waals surface area (Å²) in [7, 11) is -3.42. The summed E-state index contributed by atoms with van der Waals surface area (Å²) < 4.78 is 72.0. The summed E-state index contributed by atoms with van der Waals surface area (Å²) in [6.07, 6.45) is -3.80. The molecule has 14 heteroatoms. The predicted molar refractivity (Wildman–Crippen MR) is 127 cm³/mol. The number of aromatic nitrogens is 1. The molecule has 8 nitrogen and oxygen atoms in total. The van der Waals surface area contributed by atoms with Crippen LogP contribution in [-0.4, -0.2) is 38.8 Å². The molecule has 0 bridgehead atoms. The summed E-state index contributed by atoms with van der Waals surface area (Å²) in [5.41, 5.74) is -1.65. The van der Waals surface area contributed by atoms with Crippen molar-refractivity contribution in [3.63, 3.8) is 0 Å². The van der Waals surface area contributed by atoms with Crippen molar-refractivity contribution in [2.24, 2.45) is 0 Å². The maximum Gasteiger partial charge on any atom is 0.417 e. The fourth-order valence-corrected chi connectivity index (χ4v) is 4.48. The van der Waals surface area contributed by atoms with E-state index in [1.165, 1.54) is 19.2 Å². The number of anilines is 2. The fraction of sp³-hybridized carbons (Fsp3) is 0.136. The zero-order chi connectivity index (χ0) is 26.7. The lowest BCUT2D eigenvalue weighted by molar-refractivity contribution is -0.137. The Hall–Kier alpha value is -3.35. The molecule has 1 aromatic heterocycles. The van der Waals surface area contributed by atoms with Gasteiger partial charge < -0.3 is 10.1 Å². The molecule has 2 aromatic carbocycles. The maximum absolute atomic E-state index is 13.2. The van der Waals surface area contributed by atoms with Crippen LogP contribution in [0.5, 0.6) is 0 Å². The predicted octanol–water partition coefficient (Wildman–Crippen LogP) is 5.29. The van der Waals surface area contributed by atoms with Crippen LogP contribution in [0.2, 0.25) is 10.0 Å². The quantitative estimate of drug-likeness (QED) is 0.283. The number of ether oxygens (including phenoxy) is 1. The molecule has 0 atom stereocenters. The topological polar surface area (TPSA) is 114 Å². The maximum atomic E-state index is 13.2. The van der Waals surface area contributed by atoms with Crippen LogP contribution < -0.4 is 10.0 Å². The lowest BCUT2D eigenvalue weighted by atomic mass is 10.1. The third kappa shape index (κ3) is 6.25. The van der Waals surface area contributed by atoms with E-state index in [9.17, 15) is 31.2 Å². The largest absolute Gasteiger partial charge is 0.465 e. The van der Waals surface area contributed by atoms with E-state index in [0.717, 1.165) is 24.4 Å². The molecule has 3 aromatic rings. The second kappa shape index (κ2) is 10.7. The minimum absolute atomic E-state index is 0.0414. The summed E-state index contributed by atoms with van der Waals surface area (Å²) in [6.45, 7) is -0.420. The first-order chi connectivity index (χ1) is 16.8. The molecular formula is C22H16Cl2F3N3O5S. The normalized spacial score (nSPS) is 11.6. The molecule has 0 spiro atoms. The van der Waals surface area contributed by atoms with Crippen LogP contribution in [-0.2, 0) is 20.9 Å². The highest BCUT2D eigenvalue weighted by molar-refractivity contribution is 7.92. The number of esters is 1. The zero-order valence-electron chi connectivity index (χ0n) is 18.2. The van der Waals surface area contributed by atoms with Gasteiger partial charge in [-0.15, -0.1) is 0 Å². The number of methoxy groups -OCH3 is 1. The van der Waals surface area contributed by atoms with E-state index in [1.807, 2.05) is 0 Å². The second-order valence-corrected chi connectivity index (χ2v) is 9.63. The van der Waals surface area contributed by atoms with Crippen molar-refractivity contribution in [2.45, 2.75) is 11.1 Å². The van der Waals surface area contributed by atoms with Crippen molar-refractivity contribution in [2.75, 3.05) is 23.7 Å². The Morgan fingerprint density at radius 3 is 2.42 bits per heavy atom. The molecule has 36 heavy (non-hydrogen) atoms. The number of pyridine rings is 1. The first-order valence-corrected chi connectivity index (χ1v) is 12.1. The number of sulfonamides is 1. The standard InChI is InChI=1S/C22H16Cl2F3N3O5S/c1-35-21(32)14-4-2-3-5-17(14)28-11-19(31)20-18(8-12(23)10-29-20)30-36(33,34)13-6-7-16(24)15(9-13)22(25,26)27/h2-10,28,30H,11H2,1H3. The number of hydrogen-bond donors (Lipinski definition) is 2. The molecule has 0 saturated heterocycles. The molecule has 0 radical (unpaired) electrons. The van der Waals surface area contributed by atoms with Gasteiger partial charge in [0.05, 0.1) is 45.4 Å². The number of halogens is 5. The Morgan fingerprint density at radius 1 is 1.06 bits per heavy atom. The Balaban J connectivity index is 1.90. The Morgan fingerprint density at radius 2 is 1.75 bits per heavy atom. The molecule has 3 rings (SSSR count). The highest BCUT2D eigenvalue weighted by Gasteiger charge is 2.34. The number of Topliss-reactive ketones (excluding diaryl/α,β-unsaturated/α-hetero) is 1. The van der Waals surface area contributed by atoms with Crippen molar-refractivity contribution in [1.29, 1.82) is 0 Å². The van der Waals surface area contributed by atoms with Crippen LogP contribution in [0, 0.1) is 0 Å². The van der Waals surface area contributed by atoms with Gasteiger partial charge in [-0.05, 0) is 36.4 Å². The van der Waals surface area contributed by atoms with Crippen molar-refractivity contribution in [3.8, 4) is 0 Å². The lowest BCUT2D eigenvalue weighted by Gasteiger charge is -2.15. The molecule has 0 aliphatic carbocycles. The molecule has 0 aliphatic heterocycles. The number of carbonyl (C=O) groups excluding carboxylic acids is 2. The number of benzene rings is 2. The number of hydrogen-bond acceptors (Lipinski definition) is 7. The van der Waals surface area contributed by atoms with Gasteiger partial charge >= 0.3 is 12.1 Å². The average Bonchev–Trinajstić information content (AvgIpc) is 2.81. The van der Waals surface area contributed by atoms with Crippen molar-refractivity contribution in [3.05, 3.63) is 81.6 Å². The van der Waals surface area contributed by atoms with E-state index in [0.29, 0.717) is 6.07 Å². The van der Waals surface area contributed by atoms with Gasteiger partial charge in [0.15, 0.2) is 0 Å². The second-order valence-electron chi connectivity index (χ2n) is 7.11. The van der Waals surface area contributed by atoms with Crippen molar-refractivity contribution < 1.29 is 35.9 Å². The van der Waals surface area contributed by atoms with E-state index in [2.05, 4.69) is 19.8 Å². The summed E-state index contributed by atoms with van der Waals surface area (Å²) >= 11 is 11.5. The van der Waals surface area contributed by atoms with Gasteiger partial charge in [0.2, 0.25) is 5.78 Å². The number of para-hydroxylation sites is 1. The van der Waals surface area contributed by atoms with Crippen LogP contribution in [0.4, 0.5) is 24.5 Å². The van der Waals surface area contributed by atoms with Crippen LogP contribution in [0.25, 0.3) is 0 Å². The number of nitrogens with one attached hydrogen (secondary N) is 2. The lowest BCUT2D eigenvalue weighted by Crippen LogP contribution is -2.21. The monoisotopic (exact) mass is 561 g/mol. The molecule has 0 fully saturated rings. The Kier molecular flexibility index (Phi) is 8.12. The molecule has 1 heterocycles. The van der Waals surface area contributed by atoms with Gasteiger partial charge in [-0.2, -0.15) is 13.2 Å². The number of carbonyl (C=O) groups is 2. The molecule has 0 unspecified atom stereocenters. The summed E-state index contributed by atoms with van der Waals surface area (Å²) in [5, 5.41) is 2.03. The van der Waals surface area contributed by atoms with E-state index in [4.69, 9.17) is 23.2 Å². The van der Waals surface area contributed by atoms with E-state index in [-0.39, 0.29) is 27.7 Å². The van der Waals surface area contributed by atoms with Crippen LogP contribution in [0.15, 0.2) is 59.6 Å². The number of ketones is 1. The van der Waals surface area contributed by atoms with Crippen LogP contribution in [0.1, 0.15) is 26.4 Å². The summed E-state index contributed by atoms with van der Waals surface area (Å²) in [6, 6.07) is 9.33. The first-order valence-electron chi connectivity index (χ1n) is 9.83. The van der Waals surface area contributed by atoms with E-state index in [1.54, 1.807) is 12.1 Å². The third-order valence-corrected chi connectivity index (χ3v) is 6.59. The van der Waals surface area contributed by atoms with Crippen LogP contribution in [0.3, 0.4) is 0 Å². The average molecular weight is 562 g/mol. The molecule has 190 valence electrons. The number of rotatable bonds is 8. The molecule has 2 N–H and O–H groups in total. The zero-order valence-corrected chi connectivity index (χ0v) is 20.5. The highest BCUT2D eigenvalue weighted by Crippen LogP contribution is 2.36. The SMILES string of the molecule is COC(=O)c1ccccc1NCC(=O)c1ncc(Cl)cc1NS(=O)(=O)c1ccc(Cl)c(C(F)(F)F)c1. The van der Waals surface area contributed by atoms with E-state index < -0.39 is 50.0 Å². The summed E-state index contributed by atoms with van der Waals surface area (Å²) in [4.78, 5) is 27.9. The van der Waals surface area contributed by atoms with Gasteiger partial charge in [-0.1, -0.05) is 35.3 Å². The number of nitrogens with zero attached hydrogens (tertiary/aromatic N) is 1. The molecular weight excluding hydrogens is 546 g/mol.